The molecule has 3 aromatic rings. The van der Waals surface area contributed by atoms with E-state index in [2.05, 4.69) is 5.32 Å². The van der Waals surface area contributed by atoms with E-state index in [1.807, 2.05) is 30.3 Å². The number of carbonyl (C=O) groups excluding carboxylic acids is 3. The Balaban J connectivity index is 1.47. The summed E-state index contributed by atoms with van der Waals surface area (Å²) in [7, 11) is 1.68. The van der Waals surface area contributed by atoms with Crippen LogP contribution in [0.5, 0.6) is 5.75 Å². The van der Waals surface area contributed by atoms with Crippen molar-refractivity contribution in [2.24, 2.45) is 0 Å². The number of piperazine rings is 1. The van der Waals surface area contributed by atoms with Gasteiger partial charge in [-0.25, -0.2) is 14.8 Å². The summed E-state index contributed by atoms with van der Waals surface area (Å²) in [5, 5.41) is 16.7. The summed E-state index contributed by atoms with van der Waals surface area (Å²) in [4.78, 5) is 44.1. The molecule has 2 N–H and O–H groups in total. The van der Waals surface area contributed by atoms with Crippen LogP contribution in [0, 0.1) is 0 Å². The van der Waals surface area contributed by atoms with E-state index in [1.165, 1.54) is 9.91 Å². The summed E-state index contributed by atoms with van der Waals surface area (Å²) in [5.41, 5.74) is 2.41. The second-order valence-electron chi connectivity index (χ2n) is 9.93. The van der Waals surface area contributed by atoms with Crippen LogP contribution in [0.1, 0.15) is 16.7 Å². The SMILES string of the molecule is CN1CC(=O)N2[C@@H](Cc3ccc(O)cc3)C(=O)N(Cc3ccc(Cl)cc3Cl)C[C@@H]2N1C(=O)NCc1ccccc1. The van der Waals surface area contributed by atoms with Gasteiger partial charge in [0.25, 0.3) is 0 Å². The predicted octanol–water partition coefficient (Wildman–Crippen LogP) is 3.88. The van der Waals surface area contributed by atoms with E-state index in [0.717, 1.165) is 11.1 Å². The quantitative estimate of drug-likeness (QED) is 0.460. The van der Waals surface area contributed by atoms with Crippen LogP contribution in [0.3, 0.4) is 0 Å². The molecule has 0 saturated carbocycles. The van der Waals surface area contributed by atoms with Gasteiger partial charge in [0.1, 0.15) is 18.0 Å². The van der Waals surface area contributed by atoms with Crippen LogP contribution in [0.15, 0.2) is 72.8 Å². The Hall–Kier alpha value is -3.79. The smallest absolute Gasteiger partial charge is 0.334 e. The van der Waals surface area contributed by atoms with Crippen molar-refractivity contribution in [3.63, 3.8) is 0 Å². The molecule has 0 aromatic heterocycles. The topological polar surface area (TPSA) is 96.4 Å². The van der Waals surface area contributed by atoms with Crippen LogP contribution in [0.4, 0.5) is 4.79 Å². The Morgan fingerprint density at radius 2 is 1.73 bits per heavy atom. The van der Waals surface area contributed by atoms with Gasteiger partial charge < -0.3 is 20.2 Å². The lowest BCUT2D eigenvalue weighted by Crippen LogP contribution is -2.76. The number of nitrogens with zero attached hydrogens (tertiary/aromatic N) is 4. The summed E-state index contributed by atoms with van der Waals surface area (Å²) >= 11 is 12.5. The first kappa shape index (κ1) is 27.8. The van der Waals surface area contributed by atoms with Crippen LogP contribution in [-0.4, -0.2) is 75.1 Å². The molecule has 2 heterocycles. The Kier molecular flexibility index (Phi) is 8.16. The summed E-state index contributed by atoms with van der Waals surface area (Å²) in [6.45, 7) is 0.531. The standard InChI is InChI=1S/C29H29Cl2N5O4/c1-33-18-27(38)35-25(13-19-7-11-23(37)12-8-19)28(39)34(16-21-9-10-22(30)14-24(21)31)17-26(35)36(33)29(40)32-15-20-5-3-2-4-6-20/h2-12,14,25-26,37H,13,15-18H2,1H3,(H,32,40)/t25-,26-/m0/s1. The number of hydrogen-bond acceptors (Lipinski definition) is 5. The number of hydrogen-bond donors (Lipinski definition) is 2. The van der Waals surface area contributed by atoms with E-state index >= 15 is 0 Å². The average Bonchev–Trinajstić information content (AvgIpc) is 2.92. The van der Waals surface area contributed by atoms with Gasteiger partial charge in [0.2, 0.25) is 11.8 Å². The van der Waals surface area contributed by atoms with E-state index in [-0.39, 0.29) is 49.7 Å². The highest BCUT2D eigenvalue weighted by Crippen LogP contribution is 2.30. The second-order valence-corrected chi connectivity index (χ2v) is 10.8. The van der Waals surface area contributed by atoms with Gasteiger partial charge >= 0.3 is 6.03 Å². The summed E-state index contributed by atoms with van der Waals surface area (Å²) in [6, 6.07) is 19.9. The molecule has 2 fully saturated rings. The number of benzene rings is 3. The molecule has 9 nitrogen and oxygen atoms in total. The molecule has 4 amide bonds. The maximum atomic E-state index is 13.9. The first-order valence-electron chi connectivity index (χ1n) is 12.8. The van der Waals surface area contributed by atoms with Crippen LogP contribution in [-0.2, 0) is 29.1 Å². The number of fused-ring (bicyclic) bond motifs is 1. The van der Waals surface area contributed by atoms with Gasteiger partial charge in [0.05, 0.1) is 13.1 Å². The van der Waals surface area contributed by atoms with Gasteiger partial charge in [-0.1, -0.05) is 71.7 Å². The molecular formula is C29H29Cl2N5O4. The largest absolute Gasteiger partial charge is 0.508 e. The van der Waals surface area contributed by atoms with Crippen molar-refractivity contribution in [1.29, 1.82) is 0 Å². The normalized spacial score (nSPS) is 19.5. The van der Waals surface area contributed by atoms with Crippen molar-refractivity contribution >= 4 is 41.0 Å². The predicted molar refractivity (Wildman–Crippen MR) is 151 cm³/mol. The lowest BCUT2D eigenvalue weighted by atomic mass is 9.98. The highest BCUT2D eigenvalue weighted by Gasteiger charge is 2.50. The highest BCUT2D eigenvalue weighted by molar-refractivity contribution is 6.35. The molecule has 0 radical (unpaired) electrons. The van der Waals surface area contributed by atoms with E-state index in [4.69, 9.17) is 23.2 Å². The lowest BCUT2D eigenvalue weighted by molar-refractivity contribution is -0.187. The summed E-state index contributed by atoms with van der Waals surface area (Å²) < 4.78 is 0. The molecule has 40 heavy (non-hydrogen) atoms. The minimum absolute atomic E-state index is 0.0579. The molecule has 208 valence electrons. The molecular weight excluding hydrogens is 553 g/mol. The van der Waals surface area contributed by atoms with Crippen molar-refractivity contribution in [2.45, 2.75) is 31.7 Å². The van der Waals surface area contributed by atoms with Crippen LogP contribution in [0.25, 0.3) is 0 Å². The fourth-order valence-corrected chi connectivity index (χ4v) is 5.68. The Morgan fingerprint density at radius 3 is 2.42 bits per heavy atom. The highest BCUT2D eigenvalue weighted by atomic mass is 35.5. The number of rotatable bonds is 6. The number of halogens is 2. The van der Waals surface area contributed by atoms with Gasteiger partial charge in [-0.05, 0) is 41.0 Å². The van der Waals surface area contributed by atoms with E-state index in [9.17, 15) is 19.5 Å². The lowest BCUT2D eigenvalue weighted by Gasteiger charge is -2.54. The van der Waals surface area contributed by atoms with Gasteiger partial charge in [-0.2, -0.15) is 0 Å². The van der Waals surface area contributed by atoms with Gasteiger partial charge in [-0.15, -0.1) is 0 Å². The Morgan fingerprint density at radius 1 is 1.00 bits per heavy atom. The minimum atomic E-state index is -0.861. The molecule has 0 unspecified atom stereocenters. The zero-order valence-electron chi connectivity index (χ0n) is 21.8. The first-order chi connectivity index (χ1) is 19.2. The third-order valence-corrected chi connectivity index (χ3v) is 7.76. The fraction of sp³-hybridized carbons (Fsp3) is 0.276. The number of aromatic hydroxyl groups is 1. The molecule has 2 aliphatic heterocycles. The zero-order valence-corrected chi connectivity index (χ0v) is 23.3. The van der Waals surface area contributed by atoms with Crippen molar-refractivity contribution in [3.8, 4) is 5.75 Å². The summed E-state index contributed by atoms with van der Waals surface area (Å²) in [6.07, 6.45) is -0.525. The van der Waals surface area contributed by atoms with Gasteiger partial charge in [0.15, 0.2) is 0 Å². The van der Waals surface area contributed by atoms with E-state index < -0.39 is 12.2 Å². The number of hydrazine groups is 1. The number of likely N-dealkylation sites (N-methyl/N-ethyl adjacent to an activating group) is 1. The number of phenols is 1. The number of urea groups is 1. The third-order valence-electron chi connectivity index (χ3n) is 7.18. The maximum absolute atomic E-state index is 13.9. The van der Waals surface area contributed by atoms with Crippen LogP contribution < -0.4 is 5.32 Å². The molecule has 3 aromatic carbocycles. The number of carbonyl (C=O) groups is 3. The van der Waals surface area contributed by atoms with Gasteiger partial charge in [-0.3, -0.25) is 9.59 Å². The molecule has 0 bridgehead atoms. The number of amides is 4. The summed E-state index contributed by atoms with van der Waals surface area (Å²) in [5.74, 6) is -0.397. The Labute approximate surface area is 242 Å². The van der Waals surface area contributed by atoms with E-state index in [1.54, 1.807) is 59.4 Å². The van der Waals surface area contributed by atoms with Crippen LogP contribution >= 0.6 is 23.2 Å². The maximum Gasteiger partial charge on any atom is 0.334 e. The minimum Gasteiger partial charge on any atom is -0.508 e. The fourth-order valence-electron chi connectivity index (χ4n) is 5.21. The Bertz CT molecular complexity index is 1410. The molecule has 2 saturated heterocycles. The molecule has 11 heteroatoms. The second kappa shape index (κ2) is 11.8. The van der Waals surface area contributed by atoms with Crippen LogP contribution in [0.2, 0.25) is 10.0 Å². The van der Waals surface area contributed by atoms with Crippen molar-refractivity contribution in [2.75, 3.05) is 20.1 Å². The molecule has 2 aliphatic rings. The molecule has 5 rings (SSSR count). The number of nitrogens with one attached hydrogen (secondary N) is 1. The average molecular weight is 582 g/mol. The third kappa shape index (κ3) is 5.86. The molecule has 0 aliphatic carbocycles. The first-order valence-corrected chi connectivity index (χ1v) is 13.6. The number of phenolic OH excluding ortho intramolecular Hbond substituents is 1. The van der Waals surface area contributed by atoms with Crippen molar-refractivity contribution < 1.29 is 19.5 Å². The zero-order chi connectivity index (χ0) is 28.4. The molecule has 0 spiro atoms. The van der Waals surface area contributed by atoms with Gasteiger partial charge in [0, 0.05) is 36.6 Å². The van der Waals surface area contributed by atoms with Crippen molar-refractivity contribution in [3.05, 3.63) is 99.5 Å². The van der Waals surface area contributed by atoms with Crippen molar-refractivity contribution in [1.82, 2.24) is 25.1 Å². The molecule has 2 atom stereocenters. The van der Waals surface area contributed by atoms with E-state index in [0.29, 0.717) is 22.2 Å². The monoisotopic (exact) mass is 581 g/mol.